The predicted molar refractivity (Wildman–Crippen MR) is 184 cm³/mol. The second-order valence-corrected chi connectivity index (χ2v) is 12.3. The molecule has 55 heavy (non-hydrogen) atoms. The first-order valence-electron chi connectivity index (χ1n) is 15.9. The fraction of sp³-hybridized carbons (Fsp3) is 0.189. The maximum absolute atomic E-state index is 12.9. The standard InChI is InChI=1S/C19H13F6N3O.C18H13ClF3N3O/c1-10-15(7-12-3-2-4-26-16(12)28-10)17(29)27-9-11-5-13(18(20,21)22)8-14(6-11)19(23,24)25;1-10-13(8-12-3-2-6-23-16(12)25-10)17(26)24-9-11-4-5-15(19)14(7-11)18(20,21)22/h2-8H,9H2,1H3,(H,27,29);2-8H,9H2,1H3,(H,24,26). The van der Waals surface area contributed by atoms with Crippen LogP contribution in [-0.4, -0.2) is 31.8 Å². The number of nitrogens with one attached hydrogen (secondary N) is 2. The van der Waals surface area contributed by atoms with E-state index in [-0.39, 0.29) is 28.8 Å². The van der Waals surface area contributed by atoms with Gasteiger partial charge in [0.05, 0.1) is 44.2 Å². The van der Waals surface area contributed by atoms with E-state index in [1.54, 1.807) is 50.4 Å². The summed E-state index contributed by atoms with van der Waals surface area (Å²) in [6.45, 7) is 2.64. The Labute approximate surface area is 310 Å². The van der Waals surface area contributed by atoms with Crippen molar-refractivity contribution in [2.24, 2.45) is 0 Å². The van der Waals surface area contributed by atoms with Gasteiger partial charge in [-0.3, -0.25) is 9.59 Å². The predicted octanol–water partition coefficient (Wildman–Crippen LogP) is 9.45. The summed E-state index contributed by atoms with van der Waals surface area (Å²) in [5, 5.41) is 5.85. The SMILES string of the molecule is Cc1nc2ncccc2cc1C(=O)NCc1cc(C(F)(F)F)cc(C(F)(F)F)c1.Cc1nc2ncccc2cc1C(=O)NCc1ccc(Cl)c(C(F)(F)F)c1. The number of pyridine rings is 4. The molecule has 0 aliphatic carbocycles. The number of carbonyl (C=O) groups is 2. The van der Waals surface area contributed by atoms with Crippen molar-refractivity contribution in [3.05, 3.63) is 141 Å². The van der Waals surface area contributed by atoms with Crippen LogP contribution in [0, 0.1) is 13.8 Å². The van der Waals surface area contributed by atoms with Crippen LogP contribution in [0.4, 0.5) is 39.5 Å². The van der Waals surface area contributed by atoms with Gasteiger partial charge in [-0.15, -0.1) is 0 Å². The quantitative estimate of drug-likeness (QED) is 0.163. The molecule has 0 radical (unpaired) electrons. The van der Waals surface area contributed by atoms with E-state index in [1.807, 2.05) is 0 Å². The molecule has 0 saturated heterocycles. The number of halogens is 10. The number of hydrogen-bond acceptors (Lipinski definition) is 6. The van der Waals surface area contributed by atoms with Crippen molar-refractivity contribution in [3.8, 4) is 0 Å². The smallest absolute Gasteiger partial charge is 0.348 e. The maximum atomic E-state index is 12.9. The number of nitrogens with zero attached hydrogens (tertiary/aromatic N) is 4. The van der Waals surface area contributed by atoms with Crippen LogP contribution in [0.15, 0.2) is 85.2 Å². The number of fused-ring (bicyclic) bond motifs is 2. The number of aromatic nitrogens is 4. The molecule has 6 aromatic rings. The zero-order valence-electron chi connectivity index (χ0n) is 28.4. The average Bonchev–Trinajstić information content (AvgIpc) is 3.11. The monoisotopic (exact) mass is 792 g/mol. The van der Waals surface area contributed by atoms with Gasteiger partial charge in [0, 0.05) is 36.3 Å². The molecule has 6 rings (SSSR count). The fourth-order valence-electron chi connectivity index (χ4n) is 5.22. The van der Waals surface area contributed by atoms with Crippen molar-refractivity contribution in [2.75, 3.05) is 0 Å². The Bertz CT molecular complexity index is 2370. The molecule has 0 fully saturated rings. The molecule has 2 N–H and O–H groups in total. The maximum Gasteiger partial charge on any atom is 0.417 e. The largest absolute Gasteiger partial charge is 0.417 e. The lowest BCUT2D eigenvalue weighted by Gasteiger charge is -2.15. The number of alkyl halides is 9. The zero-order chi connectivity index (χ0) is 40.3. The van der Waals surface area contributed by atoms with Crippen molar-refractivity contribution in [2.45, 2.75) is 45.5 Å². The Morgan fingerprint density at radius 2 is 1.05 bits per heavy atom. The van der Waals surface area contributed by atoms with Gasteiger partial charge in [0.2, 0.25) is 0 Å². The first-order chi connectivity index (χ1) is 25.7. The van der Waals surface area contributed by atoms with Crippen LogP contribution in [0.1, 0.15) is 59.9 Å². The van der Waals surface area contributed by atoms with Crippen molar-refractivity contribution in [1.29, 1.82) is 0 Å². The van der Waals surface area contributed by atoms with Crippen molar-refractivity contribution in [1.82, 2.24) is 30.6 Å². The number of benzene rings is 2. The molecule has 0 aliphatic heterocycles. The molecule has 0 aliphatic rings. The van der Waals surface area contributed by atoms with E-state index in [0.29, 0.717) is 56.7 Å². The van der Waals surface area contributed by atoms with E-state index in [4.69, 9.17) is 11.6 Å². The van der Waals surface area contributed by atoms with Crippen LogP contribution < -0.4 is 10.6 Å². The van der Waals surface area contributed by atoms with Crippen LogP contribution in [0.25, 0.3) is 22.1 Å². The molecule has 0 spiro atoms. The molecule has 8 nitrogen and oxygen atoms in total. The van der Waals surface area contributed by atoms with Crippen molar-refractivity contribution < 1.29 is 49.1 Å². The van der Waals surface area contributed by atoms with Crippen molar-refractivity contribution in [3.63, 3.8) is 0 Å². The molecule has 4 aromatic heterocycles. The second kappa shape index (κ2) is 15.9. The minimum Gasteiger partial charge on any atom is -0.348 e. The number of rotatable bonds is 6. The van der Waals surface area contributed by atoms with E-state index >= 15 is 0 Å². The summed E-state index contributed by atoms with van der Waals surface area (Å²) in [6.07, 6.45) is -11.3. The number of carbonyl (C=O) groups excluding carboxylic acids is 2. The molecule has 0 bridgehead atoms. The summed E-state index contributed by atoms with van der Waals surface area (Å²) in [7, 11) is 0. The highest BCUT2D eigenvalue weighted by molar-refractivity contribution is 6.31. The number of aryl methyl sites for hydroxylation is 2. The Morgan fingerprint density at radius 1 is 0.600 bits per heavy atom. The highest BCUT2D eigenvalue weighted by Gasteiger charge is 2.37. The summed E-state index contributed by atoms with van der Waals surface area (Å²) >= 11 is 5.59. The summed E-state index contributed by atoms with van der Waals surface area (Å²) in [5.74, 6) is -1.10. The second-order valence-electron chi connectivity index (χ2n) is 11.9. The molecule has 2 amide bonds. The van der Waals surface area contributed by atoms with Gasteiger partial charge in [-0.2, -0.15) is 39.5 Å². The third-order valence-corrected chi connectivity index (χ3v) is 8.27. The van der Waals surface area contributed by atoms with E-state index in [1.165, 1.54) is 24.4 Å². The van der Waals surface area contributed by atoms with Gasteiger partial charge in [0.15, 0.2) is 11.3 Å². The molecule has 18 heteroatoms. The lowest BCUT2D eigenvalue weighted by atomic mass is 10.0. The highest BCUT2D eigenvalue weighted by atomic mass is 35.5. The first-order valence-corrected chi connectivity index (χ1v) is 16.2. The van der Waals surface area contributed by atoms with Crippen molar-refractivity contribution >= 4 is 45.5 Å². The Balaban J connectivity index is 0.000000212. The molecule has 286 valence electrons. The van der Waals surface area contributed by atoms with Gasteiger partial charge in [0.1, 0.15) is 0 Å². The van der Waals surface area contributed by atoms with Gasteiger partial charge in [-0.1, -0.05) is 17.7 Å². The van der Waals surface area contributed by atoms with Gasteiger partial charge in [-0.05, 0) is 91.7 Å². The molecule has 0 saturated carbocycles. The van der Waals surface area contributed by atoms with Gasteiger partial charge >= 0.3 is 18.5 Å². The number of hydrogen-bond donors (Lipinski definition) is 2. The molecular formula is C37H26ClF9N6O2. The fourth-order valence-corrected chi connectivity index (χ4v) is 5.45. The topological polar surface area (TPSA) is 110 Å². The van der Waals surface area contributed by atoms with Crippen LogP contribution in [0.3, 0.4) is 0 Å². The molecule has 2 aromatic carbocycles. The number of amides is 2. The summed E-state index contributed by atoms with van der Waals surface area (Å²) in [6, 6.07) is 14.7. The Kier molecular flexibility index (Phi) is 11.6. The van der Waals surface area contributed by atoms with E-state index < -0.39 is 53.6 Å². The van der Waals surface area contributed by atoms with E-state index in [0.717, 1.165) is 6.07 Å². The van der Waals surface area contributed by atoms with E-state index in [9.17, 15) is 49.1 Å². The van der Waals surface area contributed by atoms with Crippen LogP contribution in [-0.2, 0) is 31.6 Å². The minimum atomic E-state index is -4.95. The molecule has 4 heterocycles. The third-order valence-electron chi connectivity index (χ3n) is 7.94. The lowest BCUT2D eigenvalue weighted by Crippen LogP contribution is -2.24. The summed E-state index contributed by atoms with van der Waals surface area (Å²) in [4.78, 5) is 41.4. The van der Waals surface area contributed by atoms with Crippen LogP contribution in [0.5, 0.6) is 0 Å². The van der Waals surface area contributed by atoms with Crippen LogP contribution >= 0.6 is 11.6 Å². The molecule has 0 unspecified atom stereocenters. The van der Waals surface area contributed by atoms with Gasteiger partial charge in [-0.25, -0.2) is 19.9 Å². The normalized spacial score (nSPS) is 11.9. The Hall–Kier alpha value is -5.84. The average molecular weight is 793 g/mol. The Morgan fingerprint density at radius 3 is 1.49 bits per heavy atom. The molecular weight excluding hydrogens is 767 g/mol. The lowest BCUT2D eigenvalue weighted by molar-refractivity contribution is -0.143. The highest BCUT2D eigenvalue weighted by Crippen LogP contribution is 2.37. The third kappa shape index (κ3) is 10.0. The van der Waals surface area contributed by atoms with Gasteiger partial charge < -0.3 is 10.6 Å². The zero-order valence-corrected chi connectivity index (χ0v) is 29.1. The van der Waals surface area contributed by atoms with Gasteiger partial charge in [0.25, 0.3) is 11.8 Å². The minimum absolute atomic E-state index is 0.0374. The summed E-state index contributed by atoms with van der Waals surface area (Å²) < 4.78 is 116. The molecule has 0 atom stereocenters. The van der Waals surface area contributed by atoms with Crippen LogP contribution in [0.2, 0.25) is 5.02 Å². The first kappa shape index (κ1) is 40.3. The summed E-state index contributed by atoms with van der Waals surface area (Å²) in [5.41, 5.74) is -1.60. The van der Waals surface area contributed by atoms with E-state index in [2.05, 4.69) is 30.6 Å².